The standard InChI is InChI=1S/C28H48N2O/c1-6-7-8-9-10-11-12-13-19-28(20-14-15-21-28)30-27(31)29-26-24(22(2)3)17-16-18-25(26)23(4)5/h16-18,22-23H,6-15,19-21H2,1-5H3,(H2,29,30,31). The fraction of sp³-hybridized carbons (Fsp3) is 0.750. The van der Waals surface area contributed by atoms with Crippen LogP contribution in [-0.4, -0.2) is 11.6 Å². The minimum Gasteiger partial charge on any atom is -0.332 e. The molecule has 2 N–H and O–H groups in total. The summed E-state index contributed by atoms with van der Waals surface area (Å²) in [5.41, 5.74) is 3.47. The van der Waals surface area contributed by atoms with E-state index in [1.807, 2.05) is 0 Å². The Hall–Kier alpha value is -1.51. The Morgan fingerprint density at radius 1 is 0.871 bits per heavy atom. The van der Waals surface area contributed by atoms with E-state index in [0.29, 0.717) is 11.8 Å². The molecule has 2 rings (SSSR count). The van der Waals surface area contributed by atoms with Gasteiger partial charge in [0.15, 0.2) is 0 Å². The Balaban J connectivity index is 1.93. The molecule has 0 saturated heterocycles. The summed E-state index contributed by atoms with van der Waals surface area (Å²) in [6.07, 6.45) is 16.5. The van der Waals surface area contributed by atoms with Gasteiger partial charge in [-0.05, 0) is 42.2 Å². The zero-order valence-electron chi connectivity index (χ0n) is 21.0. The van der Waals surface area contributed by atoms with Crippen LogP contribution in [-0.2, 0) is 0 Å². The molecule has 1 aliphatic carbocycles. The van der Waals surface area contributed by atoms with Crippen molar-refractivity contribution < 1.29 is 4.79 Å². The molecule has 0 unspecified atom stereocenters. The normalized spacial score (nSPS) is 15.6. The fourth-order valence-corrected chi connectivity index (χ4v) is 5.17. The molecule has 1 aliphatic rings. The molecule has 0 bridgehead atoms. The monoisotopic (exact) mass is 428 g/mol. The first-order valence-corrected chi connectivity index (χ1v) is 13.1. The Bertz CT molecular complexity index is 633. The lowest BCUT2D eigenvalue weighted by molar-refractivity contribution is 0.231. The maximum Gasteiger partial charge on any atom is 0.319 e. The highest BCUT2D eigenvalue weighted by Gasteiger charge is 2.35. The highest BCUT2D eigenvalue weighted by Crippen LogP contribution is 2.36. The van der Waals surface area contributed by atoms with Gasteiger partial charge in [0.2, 0.25) is 0 Å². The van der Waals surface area contributed by atoms with Crippen LogP contribution >= 0.6 is 0 Å². The fourth-order valence-electron chi connectivity index (χ4n) is 5.17. The van der Waals surface area contributed by atoms with Gasteiger partial charge >= 0.3 is 6.03 Å². The van der Waals surface area contributed by atoms with Crippen LogP contribution < -0.4 is 10.6 Å². The van der Waals surface area contributed by atoms with Crippen LogP contribution in [0.1, 0.15) is 141 Å². The zero-order chi connectivity index (χ0) is 22.7. The lowest BCUT2D eigenvalue weighted by Gasteiger charge is -2.31. The molecule has 1 aromatic rings. The van der Waals surface area contributed by atoms with E-state index in [4.69, 9.17) is 0 Å². The van der Waals surface area contributed by atoms with Crippen LogP contribution in [0.2, 0.25) is 0 Å². The first-order valence-electron chi connectivity index (χ1n) is 13.1. The predicted octanol–water partition coefficient (Wildman–Crippen LogP) is 8.90. The summed E-state index contributed by atoms with van der Waals surface area (Å²) in [6, 6.07) is 6.40. The largest absolute Gasteiger partial charge is 0.332 e. The second-order valence-corrected chi connectivity index (χ2v) is 10.4. The molecule has 0 atom stereocenters. The number of unbranched alkanes of at least 4 members (excludes halogenated alkanes) is 7. The van der Waals surface area contributed by atoms with E-state index < -0.39 is 0 Å². The van der Waals surface area contributed by atoms with Crippen molar-refractivity contribution in [1.82, 2.24) is 5.32 Å². The van der Waals surface area contributed by atoms with Crippen LogP contribution in [0.25, 0.3) is 0 Å². The molecule has 0 radical (unpaired) electrons. The predicted molar refractivity (Wildman–Crippen MR) is 135 cm³/mol. The molecule has 176 valence electrons. The van der Waals surface area contributed by atoms with Crippen molar-refractivity contribution in [2.75, 3.05) is 5.32 Å². The smallest absolute Gasteiger partial charge is 0.319 e. The lowest BCUT2D eigenvalue weighted by atomic mass is 9.90. The average molecular weight is 429 g/mol. The van der Waals surface area contributed by atoms with Gasteiger partial charge in [0.25, 0.3) is 0 Å². The van der Waals surface area contributed by atoms with Crippen LogP contribution in [0.15, 0.2) is 18.2 Å². The maximum absolute atomic E-state index is 13.1. The third-order valence-electron chi connectivity index (χ3n) is 7.06. The van der Waals surface area contributed by atoms with Crippen molar-refractivity contribution in [3.8, 4) is 0 Å². The SMILES string of the molecule is CCCCCCCCCCC1(NC(=O)Nc2c(C(C)C)cccc2C(C)C)CCCC1. The number of carbonyl (C=O) groups excluding carboxylic acids is 1. The summed E-state index contributed by atoms with van der Waals surface area (Å²) >= 11 is 0. The van der Waals surface area contributed by atoms with Crippen LogP contribution in [0.5, 0.6) is 0 Å². The maximum atomic E-state index is 13.1. The number of benzene rings is 1. The highest BCUT2D eigenvalue weighted by molar-refractivity contribution is 5.92. The molecule has 0 aromatic heterocycles. The summed E-state index contributed by atoms with van der Waals surface area (Å²) in [5.74, 6) is 0.763. The van der Waals surface area contributed by atoms with Crippen LogP contribution in [0.4, 0.5) is 10.5 Å². The first kappa shape index (κ1) is 25.7. The molecule has 1 fully saturated rings. The number of anilines is 1. The van der Waals surface area contributed by atoms with Crippen molar-refractivity contribution in [1.29, 1.82) is 0 Å². The number of amides is 2. The Kier molecular flexibility index (Phi) is 10.9. The lowest BCUT2D eigenvalue weighted by Crippen LogP contribution is -2.48. The van der Waals surface area contributed by atoms with Gasteiger partial charge in [-0.2, -0.15) is 0 Å². The number of hydrogen-bond donors (Lipinski definition) is 2. The van der Waals surface area contributed by atoms with Gasteiger partial charge in [0.1, 0.15) is 0 Å². The molecular formula is C28H48N2O. The number of nitrogens with one attached hydrogen (secondary N) is 2. The van der Waals surface area contributed by atoms with Gasteiger partial charge < -0.3 is 10.6 Å². The van der Waals surface area contributed by atoms with Crippen molar-refractivity contribution in [2.24, 2.45) is 0 Å². The molecule has 1 aromatic carbocycles. The minimum absolute atomic E-state index is 0.00291. The van der Waals surface area contributed by atoms with Gasteiger partial charge in [-0.15, -0.1) is 0 Å². The number of hydrogen-bond acceptors (Lipinski definition) is 1. The van der Waals surface area contributed by atoms with Crippen molar-refractivity contribution in [3.63, 3.8) is 0 Å². The number of rotatable bonds is 13. The summed E-state index contributed by atoms with van der Waals surface area (Å²) in [6.45, 7) is 11.1. The van der Waals surface area contributed by atoms with E-state index in [1.54, 1.807) is 0 Å². The summed E-state index contributed by atoms with van der Waals surface area (Å²) in [4.78, 5) is 13.1. The van der Waals surface area contributed by atoms with Gasteiger partial charge in [-0.3, -0.25) is 0 Å². The Morgan fingerprint density at radius 2 is 1.39 bits per heavy atom. The number of para-hydroxylation sites is 1. The molecule has 31 heavy (non-hydrogen) atoms. The summed E-state index contributed by atoms with van der Waals surface area (Å²) in [7, 11) is 0. The number of carbonyl (C=O) groups is 1. The van der Waals surface area contributed by atoms with E-state index in [9.17, 15) is 4.79 Å². The van der Waals surface area contributed by atoms with E-state index in [0.717, 1.165) is 24.9 Å². The molecule has 0 heterocycles. The van der Waals surface area contributed by atoms with Crippen molar-refractivity contribution >= 4 is 11.7 Å². The van der Waals surface area contributed by atoms with Crippen molar-refractivity contribution in [3.05, 3.63) is 29.3 Å². The van der Waals surface area contributed by atoms with Gasteiger partial charge in [0, 0.05) is 11.2 Å². The van der Waals surface area contributed by atoms with Crippen LogP contribution in [0, 0.1) is 0 Å². The van der Waals surface area contributed by atoms with E-state index >= 15 is 0 Å². The summed E-state index contributed by atoms with van der Waals surface area (Å²) in [5, 5.41) is 6.72. The topological polar surface area (TPSA) is 41.1 Å². The van der Waals surface area contributed by atoms with E-state index in [2.05, 4.69) is 63.5 Å². The molecule has 3 heteroatoms. The molecule has 1 saturated carbocycles. The third-order valence-corrected chi connectivity index (χ3v) is 7.06. The molecule has 0 aliphatic heterocycles. The molecule has 0 spiro atoms. The minimum atomic E-state index is -0.0172. The Labute approximate surface area is 192 Å². The highest BCUT2D eigenvalue weighted by atomic mass is 16.2. The van der Waals surface area contributed by atoms with Gasteiger partial charge in [0.05, 0.1) is 0 Å². The van der Waals surface area contributed by atoms with E-state index in [1.165, 1.54) is 75.3 Å². The van der Waals surface area contributed by atoms with Crippen molar-refractivity contribution in [2.45, 2.75) is 135 Å². The first-order chi connectivity index (χ1) is 14.9. The Morgan fingerprint density at radius 3 is 1.90 bits per heavy atom. The van der Waals surface area contributed by atoms with Crippen LogP contribution in [0.3, 0.4) is 0 Å². The third kappa shape index (κ3) is 8.16. The van der Waals surface area contributed by atoms with Gasteiger partial charge in [-0.1, -0.05) is 117 Å². The van der Waals surface area contributed by atoms with E-state index in [-0.39, 0.29) is 11.6 Å². The quantitative estimate of drug-likeness (QED) is 0.302. The average Bonchev–Trinajstić information content (AvgIpc) is 3.18. The number of urea groups is 1. The van der Waals surface area contributed by atoms with Gasteiger partial charge in [-0.25, -0.2) is 4.79 Å². The second-order valence-electron chi connectivity index (χ2n) is 10.4. The summed E-state index contributed by atoms with van der Waals surface area (Å²) < 4.78 is 0. The molecule has 3 nitrogen and oxygen atoms in total. The molecule has 2 amide bonds. The molecular weight excluding hydrogens is 380 g/mol. The zero-order valence-corrected chi connectivity index (χ0v) is 21.0. The second kappa shape index (κ2) is 13.1.